The number of nitrogens with zero attached hydrogens (tertiary/aromatic N) is 1. The maximum atomic E-state index is 10.5. The van der Waals surface area contributed by atoms with Gasteiger partial charge >= 0.3 is 93.4 Å². The molecule has 0 amide bonds. The molecule has 1 aromatic heterocycles. The molecule has 0 bridgehead atoms. The van der Waals surface area contributed by atoms with Crippen LogP contribution in [0, 0.1) is 6.92 Å². The van der Waals surface area contributed by atoms with E-state index in [-0.39, 0.29) is 23.4 Å². The van der Waals surface area contributed by atoms with Crippen molar-refractivity contribution in [2.75, 3.05) is 0 Å². The monoisotopic (exact) mass is 349 g/mol. The molecular formula is C11H12BrNO2Se. The Hall–Kier alpha value is -0.641. The second-order valence-electron chi connectivity index (χ2n) is 3.38. The molecule has 0 aliphatic heterocycles. The molecule has 1 heterocycles. The van der Waals surface area contributed by atoms with E-state index >= 15 is 0 Å². The summed E-state index contributed by atoms with van der Waals surface area (Å²) in [6.45, 7) is 2.67. The van der Waals surface area contributed by atoms with Crippen LogP contribution in [0.15, 0.2) is 24.3 Å². The molecule has 5 heteroatoms. The van der Waals surface area contributed by atoms with Gasteiger partial charge in [0.05, 0.1) is 0 Å². The molecule has 0 fully saturated rings. The van der Waals surface area contributed by atoms with Crippen LogP contribution >= 0.6 is 0 Å². The number of rotatable bonds is 3. The third kappa shape index (κ3) is 2.73. The maximum absolute atomic E-state index is 10.5. The Morgan fingerprint density at radius 3 is 2.81 bits per heavy atom. The molecule has 0 saturated heterocycles. The van der Waals surface area contributed by atoms with Crippen LogP contribution in [0.1, 0.15) is 11.0 Å². The molecule has 0 aliphatic carbocycles. The largest absolute Gasteiger partial charge is 1.00 e. The van der Waals surface area contributed by atoms with E-state index in [0.717, 1.165) is 0 Å². The van der Waals surface area contributed by atoms with E-state index in [1.807, 2.05) is 12.1 Å². The summed E-state index contributed by atoms with van der Waals surface area (Å²) in [7, 11) is 0. The Bertz CT molecular complexity index is 510. The molecule has 0 aliphatic rings. The zero-order chi connectivity index (χ0) is 10.8. The van der Waals surface area contributed by atoms with Crippen molar-refractivity contribution in [1.29, 1.82) is 0 Å². The van der Waals surface area contributed by atoms with Gasteiger partial charge in [0, 0.05) is 0 Å². The number of aliphatic carboxylic acids is 1. The standard InChI is InChI=1S/C11H11NO2Se.BrH/c1-8-12(7-6-11(13)14)9-4-2-3-5-10(9)15-8;/h2-5H,6-7H2,1H3;1H. The number of benzene rings is 1. The zero-order valence-electron chi connectivity index (χ0n) is 8.81. The van der Waals surface area contributed by atoms with Gasteiger partial charge in [-0.25, -0.2) is 0 Å². The van der Waals surface area contributed by atoms with Crippen LogP contribution in [0.5, 0.6) is 0 Å². The molecule has 86 valence electrons. The summed E-state index contributed by atoms with van der Waals surface area (Å²) in [4.78, 5) is 10.5. The van der Waals surface area contributed by atoms with E-state index in [4.69, 9.17) is 5.11 Å². The molecule has 2 aromatic rings. The van der Waals surface area contributed by atoms with E-state index in [1.165, 1.54) is 14.3 Å². The van der Waals surface area contributed by atoms with Crippen molar-refractivity contribution in [2.24, 2.45) is 0 Å². The van der Waals surface area contributed by atoms with Crippen molar-refractivity contribution in [3.8, 4) is 0 Å². The molecule has 1 N–H and O–H groups in total. The number of fused-ring (bicyclic) bond motifs is 1. The Kier molecular flexibility index (Phi) is 4.71. The summed E-state index contributed by atoms with van der Waals surface area (Å²) in [5.41, 5.74) is 1.19. The fourth-order valence-corrected chi connectivity index (χ4v) is 3.83. The van der Waals surface area contributed by atoms with E-state index in [9.17, 15) is 4.79 Å². The van der Waals surface area contributed by atoms with Crippen molar-refractivity contribution in [3.63, 3.8) is 0 Å². The van der Waals surface area contributed by atoms with Gasteiger partial charge in [-0.3, -0.25) is 0 Å². The second-order valence-corrected chi connectivity index (χ2v) is 5.97. The number of halogens is 1. The summed E-state index contributed by atoms with van der Waals surface area (Å²) >= 11 is 0.370. The first kappa shape index (κ1) is 13.4. The molecular weight excluding hydrogens is 337 g/mol. The van der Waals surface area contributed by atoms with Gasteiger partial charge in [-0.05, 0) is 0 Å². The van der Waals surface area contributed by atoms with E-state index in [2.05, 4.69) is 23.6 Å². The summed E-state index contributed by atoms with van der Waals surface area (Å²) < 4.78 is 4.78. The number of carboxylic acid groups (broad SMARTS) is 1. The average molecular weight is 349 g/mol. The van der Waals surface area contributed by atoms with Crippen LogP contribution in [0.2, 0.25) is 0 Å². The molecule has 3 nitrogen and oxygen atoms in total. The predicted molar refractivity (Wildman–Crippen MR) is 58.1 cm³/mol. The zero-order valence-corrected chi connectivity index (χ0v) is 12.1. The smallest absolute Gasteiger partial charge is 1.00 e. The van der Waals surface area contributed by atoms with Crippen LogP contribution in [0.4, 0.5) is 0 Å². The number of aryl methyl sites for hydroxylation is 2. The van der Waals surface area contributed by atoms with Gasteiger partial charge in [0.2, 0.25) is 0 Å². The van der Waals surface area contributed by atoms with Gasteiger partial charge in [-0.1, -0.05) is 0 Å². The van der Waals surface area contributed by atoms with E-state index in [0.29, 0.717) is 21.0 Å². The van der Waals surface area contributed by atoms with E-state index in [1.54, 1.807) is 0 Å². The average Bonchev–Trinajstić information content (AvgIpc) is 2.50. The Balaban J connectivity index is 0.00000128. The van der Waals surface area contributed by atoms with Crippen LogP contribution in [-0.4, -0.2) is 25.6 Å². The minimum atomic E-state index is -0.736. The third-order valence-electron chi connectivity index (χ3n) is 2.34. The van der Waals surface area contributed by atoms with Crippen LogP contribution in [0.3, 0.4) is 0 Å². The summed E-state index contributed by atoms with van der Waals surface area (Å²) in [6.07, 6.45) is 0.196. The Labute approximate surface area is 110 Å². The predicted octanol–water partition coefficient (Wildman–Crippen LogP) is -2.03. The minimum Gasteiger partial charge on any atom is -1.00 e. The van der Waals surface area contributed by atoms with Crippen molar-refractivity contribution < 1.29 is 31.4 Å². The fraction of sp³-hybridized carbons (Fsp3) is 0.273. The minimum absolute atomic E-state index is 0. The first-order valence-electron chi connectivity index (χ1n) is 4.78. The molecule has 0 saturated carbocycles. The quantitative estimate of drug-likeness (QED) is 0.513. The van der Waals surface area contributed by atoms with Crippen LogP contribution < -0.4 is 21.5 Å². The van der Waals surface area contributed by atoms with Crippen molar-refractivity contribution in [3.05, 3.63) is 28.8 Å². The summed E-state index contributed by atoms with van der Waals surface area (Å²) in [5.74, 6) is -0.736. The van der Waals surface area contributed by atoms with Crippen molar-refractivity contribution >= 4 is 30.2 Å². The van der Waals surface area contributed by atoms with Crippen molar-refractivity contribution in [1.82, 2.24) is 0 Å². The number of carbonyl (C=O) groups is 1. The molecule has 0 radical (unpaired) electrons. The van der Waals surface area contributed by atoms with Gasteiger partial charge in [0.25, 0.3) is 0 Å². The van der Waals surface area contributed by atoms with Gasteiger partial charge < -0.3 is 17.0 Å². The van der Waals surface area contributed by atoms with Crippen LogP contribution in [-0.2, 0) is 11.3 Å². The normalized spacial score (nSPS) is 10.1. The summed E-state index contributed by atoms with van der Waals surface area (Å²) in [6, 6.07) is 8.23. The topological polar surface area (TPSA) is 41.2 Å². The molecule has 1 aromatic carbocycles. The maximum Gasteiger partial charge on any atom is -1.00 e. The van der Waals surface area contributed by atoms with Gasteiger partial charge in [-0.15, -0.1) is 0 Å². The SMILES string of the molecule is Cc1[se]c2ccccc2[n+]1CCC(=O)O.[Br-]. The Morgan fingerprint density at radius 2 is 2.12 bits per heavy atom. The second kappa shape index (κ2) is 5.62. The molecule has 16 heavy (non-hydrogen) atoms. The third-order valence-corrected chi connectivity index (χ3v) is 4.61. The number of hydrogen-bond donors (Lipinski definition) is 1. The number of hydrogen-bond acceptors (Lipinski definition) is 1. The number of aromatic nitrogens is 1. The number of para-hydroxylation sites is 1. The molecule has 2 rings (SSSR count). The first-order valence-corrected chi connectivity index (χ1v) is 6.49. The number of carboxylic acids is 1. The first-order chi connectivity index (χ1) is 7.18. The van der Waals surface area contributed by atoms with Gasteiger partial charge in [0.15, 0.2) is 0 Å². The Morgan fingerprint density at radius 1 is 1.44 bits per heavy atom. The van der Waals surface area contributed by atoms with Gasteiger partial charge in [-0.2, -0.15) is 0 Å². The van der Waals surface area contributed by atoms with E-state index < -0.39 is 5.97 Å². The van der Waals surface area contributed by atoms with Crippen LogP contribution in [0.25, 0.3) is 9.78 Å². The fourth-order valence-electron chi connectivity index (χ4n) is 1.64. The van der Waals surface area contributed by atoms with Crippen molar-refractivity contribution in [2.45, 2.75) is 19.9 Å². The molecule has 0 atom stereocenters. The molecule has 0 unspecified atom stereocenters. The summed E-state index contributed by atoms with van der Waals surface area (Å²) in [5, 5.41) is 8.68. The molecule has 0 spiro atoms. The van der Waals surface area contributed by atoms with Gasteiger partial charge in [0.1, 0.15) is 0 Å².